The van der Waals surface area contributed by atoms with Crippen LogP contribution < -0.4 is 16.4 Å². The van der Waals surface area contributed by atoms with Crippen LogP contribution in [0.15, 0.2) is 0 Å². The lowest BCUT2D eigenvalue weighted by atomic mass is 10.2. The van der Waals surface area contributed by atoms with Crippen molar-refractivity contribution in [2.45, 2.75) is 19.3 Å². The van der Waals surface area contributed by atoms with Gasteiger partial charge >= 0.3 is 0 Å². The van der Waals surface area contributed by atoms with Crippen molar-refractivity contribution in [3.63, 3.8) is 0 Å². The third-order valence-corrected chi connectivity index (χ3v) is 4.45. The number of nitrogens with zero attached hydrogens (tertiary/aromatic N) is 1. The minimum absolute atomic E-state index is 0.245. The molecule has 0 unspecified atom stereocenters. The van der Waals surface area contributed by atoms with E-state index in [1.165, 1.54) is 31.2 Å². The molecule has 1 aromatic heterocycles. The van der Waals surface area contributed by atoms with E-state index >= 15 is 0 Å². The molecule has 1 fully saturated rings. The van der Waals surface area contributed by atoms with Gasteiger partial charge in [-0.3, -0.25) is 4.79 Å². The highest BCUT2D eigenvalue weighted by molar-refractivity contribution is 7.18. The number of rotatable bonds is 8. The van der Waals surface area contributed by atoms with Crippen LogP contribution in [0.25, 0.3) is 0 Å². The molecule has 114 valence electrons. The van der Waals surface area contributed by atoms with Crippen molar-refractivity contribution >= 4 is 27.9 Å². The van der Waals surface area contributed by atoms with Crippen LogP contribution >= 0.6 is 11.3 Å². The van der Waals surface area contributed by atoms with Crippen LogP contribution in [0, 0.1) is 17.2 Å². The second kappa shape index (κ2) is 7.29. The number of nitrogens with one attached hydrogen (secondary N) is 2. The lowest BCUT2D eigenvalue weighted by Gasteiger charge is -2.05. The van der Waals surface area contributed by atoms with Crippen LogP contribution in [-0.4, -0.2) is 32.7 Å². The highest BCUT2D eigenvalue weighted by Crippen LogP contribution is 2.35. The molecule has 1 saturated carbocycles. The molecule has 0 bridgehead atoms. The van der Waals surface area contributed by atoms with E-state index in [1.54, 1.807) is 0 Å². The number of ether oxygens (including phenoxy) is 1. The summed E-state index contributed by atoms with van der Waals surface area (Å²) in [5.74, 6) is 0.505. The van der Waals surface area contributed by atoms with Gasteiger partial charge in [0.25, 0.3) is 5.91 Å². The van der Waals surface area contributed by atoms with Crippen LogP contribution in [0.5, 0.6) is 0 Å². The van der Waals surface area contributed by atoms with Gasteiger partial charge in [0, 0.05) is 26.8 Å². The topological polar surface area (TPSA) is 100 Å². The van der Waals surface area contributed by atoms with Gasteiger partial charge in [-0.1, -0.05) is 0 Å². The minimum atomic E-state index is -0.269. The fourth-order valence-electron chi connectivity index (χ4n) is 1.87. The van der Waals surface area contributed by atoms with Crippen molar-refractivity contribution in [2.75, 3.05) is 37.9 Å². The summed E-state index contributed by atoms with van der Waals surface area (Å²) < 4.78 is 5.55. The predicted molar refractivity (Wildman–Crippen MR) is 83.5 cm³/mol. The van der Waals surface area contributed by atoms with Gasteiger partial charge in [0.1, 0.15) is 21.5 Å². The number of nitriles is 1. The molecule has 1 aromatic rings. The zero-order valence-corrected chi connectivity index (χ0v) is 12.9. The Morgan fingerprint density at radius 3 is 2.95 bits per heavy atom. The van der Waals surface area contributed by atoms with Gasteiger partial charge < -0.3 is 21.1 Å². The molecule has 7 heteroatoms. The number of thiophene rings is 1. The van der Waals surface area contributed by atoms with E-state index in [1.807, 2.05) is 0 Å². The maximum Gasteiger partial charge on any atom is 0.263 e. The Labute approximate surface area is 128 Å². The Morgan fingerprint density at radius 1 is 1.57 bits per heavy atom. The first-order valence-corrected chi connectivity index (χ1v) is 7.85. The summed E-state index contributed by atoms with van der Waals surface area (Å²) in [4.78, 5) is 12.0. The number of carbonyl (C=O) groups is 1. The summed E-state index contributed by atoms with van der Waals surface area (Å²) in [6, 6.07) is 2.05. The largest absolute Gasteiger partial charge is 0.396 e. The van der Waals surface area contributed by atoms with Gasteiger partial charge in [-0.25, -0.2) is 0 Å². The molecule has 4 N–H and O–H groups in total. The molecular weight excluding hydrogens is 288 g/mol. The van der Waals surface area contributed by atoms with Crippen LogP contribution in [-0.2, 0) is 4.74 Å². The molecule has 21 heavy (non-hydrogen) atoms. The SMILES string of the molecule is CNC(=O)c1sc(NCCCOCC2CC2)c(C#N)c1N. The summed E-state index contributed by atoms with van der Waals surface area (Å²) in [5, 5.41) is 15.5. The Bertz CT molecular complexity index is 546. The summed E-state index contributed by atoms with van der Waals surface area (Å²) in [6.45, 7) is 2.25. The summed E-state index contributed by atoms with van der Waals surface area (Å²) in [6.07, 6.45) is 3.44. The van der Waals surface area contributed by atoms with E-state index in [4.69, 9.17) is 15.7 Å². The van der Waals surface area contributed by atoms with Crippen LogP contribution in [0.2, 0.25) is 0 Å². The van der Waals surface area contributed by atoms with Crippen molar-refractivity contribution < 1.29 is 9.53 Å². The fraction of sp³-hybridized carbons (Fsp3) is 0.571. The van der Waals surface area contributed by atoms with Crippen molar-refractivity contribution in [3.05, 3.63) is 10.4 Å². The molecule has 1 amide bonds. The zero-order valence-electron chi connectivity index (χ0n) is 12.1. The number of hydrogen-bond acceptors (Lipinski definition) is 6. The number of nitrogen functional groups attached to an aromatic ring is 1. The smallest absolute Gasteiger partial charge is 0.263 e. The normalized spacial score (nSPS) is 13.7. The molecule has 2 rings (SSSR count). The van der Waals surface area contributed by atoms with Crippen molar-refractivity contribution in [2.24, 2.45) is 5.92 Å². The maximum atomic E-state index is 11.7. The van der Waals surface area contributed by atoms with Gasteiger partial charge in [0.15, 0.2) is 0 Å². The Morgan fingerprint density at radius 2 is 2.33 bits per heavy atom. The van der Waals surface area contributed by atoms with E-state index in [0.717, 1.165) is 18.9 Å². The fourth-order valence-corrected chi connectivity index (χ4v) is 2.92. The molecule has 1 heterocycles. The first kappa shape index (κ1) is 15.6. The van der Waals surface area contributed by atoms with E-state index in [-0.39, 0.29) is 11.6 Å². The number of nitrogens with two attached hydrogens (primary N) is 1. The first-order valence-electron chi connectivity index (χ1n) is 7.03. The lowest BCUT2D eigenvalue weighted by molar-refractivity contribution is 0.0968. The average Bonchev–Trinajstić information content (AvgIpc) is 3.25. The zero-order chi connectivity index (χ0) is 15.2. The second-order valence-corrected chi connectivity index (χ2v) is 6.06. The number of amides is 1. The molecule has 0 spiro atoms. The van der Waals surface area contributed by atoms with Gasteiger partial charge in [-0.15, -0.1) is 11.3 Å². The predicted octanol–water partition coefficient (Wildman–Crippen LogP) is 1.79. The van der Waals surface area contributed by atoms with Gasteiger partial charge in [-0.05, 0) is 25.2 Å². The van der Waals surface area contributed by atoms with Crippen molar-refractivity contribution in [1.29, 1.82) is 5.26 Å². The molecule has 0 atom stereocenters. The molecule has 0 aromatic carbocycles. The third-order valence-electron chi connectivity index (χ3n) is 3.29. The Hall–Kier alpha value is -1.78. The third kappa shape index (κ3) is 4.09. The van der Waals surface area contributed by atoms with Crippen molar-refractivity contribution in [3.8, 4) is 6.07 Å². The van der Waals surface area contributed by atoms with Crippen LogP contribution in [0.3, 0.4) is 0 Å². The number of carbonyl (C=O) groups excluding carboxylic acids is 1. The summed E-state index contributed by atoms with van der Waals surface area (Å²) in [7, 11) is 1.54. The highest BCUT2D eigenvalue weighted by Gasteiger charge is 2.21. The number of hydrogen-bond donors (Lipinski definition) is 3. The molecular formula is C14H20N4O2S. The molecule has 0 saturated heterocycles. The van der Waals surface area contributed by atoms with E-state index in [2.05, 4.69) is 16.7 Å². The average molecular weight is 308 g/mol. The minimum Gasteiger partial charge on any atom is -0.396 e. The van der Waals surface area contributed by atoms with Crippen molar-refractivity contribution in [1.82, 2.24) is 5.32 Å². The van der Waals surface area contributed by atoms with E-state index in [0.29, 0.717) is 28.6 Å². The molecule has 0 aliphatic heterocycles. The maximum absolute atomic E-state index is 11.7. The first-order chi connectivity index (χ1) is 10.2. The van der Waals surface area contributed by atoms with Gasteiger partial charge in [0.2, 0.25) is 0 Å². The summed E-state index contributed by atoms with van der Waals surface area (Å²) in [5.41, 5.74) is 6.44. The van der Waals surface area contributed by atoms with Crippen LogP contribution in [0.4, 0.5) is 10.7 Å². The number of anilines is 2. The lowest BCUT2D eigenvalue weighted by Crippen LogP contribution is -2.17. The Kier molecular flexibility index (Phi) is 5.42. The standard InChI is InChI=1S/C14H20N4O2S/c1-17-13(19)12-11(16)10(7-15)14(21-12)18-5-2-6-20-8-9-3-4-9/h9,18H,2-6,8,16H2,1H3,(H,17,19). The van der Waals surface area contributed by atoms with Crippen LogP contribution in [0.1, 0.15) is 34.5 Å². The van der Waals surface area contributed by atoms with E-state index < -0.39 is 0 Å². The Balaban J connectivity index is 1.83. The molecule has 6 nitrogen and oxygen atoms in total. The second-order valence-electron chi connectivity index (χ2n) is 5.04. The van der Waals surface area contributed by atoms with Gasteiger partial charge in [0.05, 0.1) is 5.69 Å². The quantitative estimate of drug-likeness (QED) is 0.636. The molecule has 1 aliphatic carbocycles. The molecule has 1 aliphatic rings. The van der Waals surface area contributed by atoms with E-state index in [9.17, 15) is 4.79 Å². The summed E-state index contributed by atoms with van der Waals surface area (Å²) >= 11 is 1.21. The molecule has 0 radical (unpaired) electrons. The highest BCUT2D eigenvalue weighted by atomic mass is 32.1. The monoisotopic (exact) mass is 308 g/mol. The van der Waals surface area contributed by atoms with Gasteiger partial charge in [-0.2, -0.15) is 5.26 Å².